The molecule has 0 saturated carbocycles. The first kappa shape index (κ1) is 13.2. The van der Waals surface area contributed by atoms with Gasteiger partial charge in [0.25, 0.3) is 0 Å². The Labute approximate surface area is 85.3 Å². The first-order chi connectivity index (χ1) is 6.88. The van der Waals surface area contributed by atoms with E-state index in [-0.39, 0.29) is 6.42 Å². The Morgan fingerprint density at radius 3 is 2.00 bits per heavy atom. The van der Waals surface area contributed by atoms with Gasteiger partial charge in [-0.3, -0.25) is 9.59 Å². The summed E-state index contributed by atoms with van der Waals surface area (Å²) in [5.41, 5.74) is 0. The molecule has 0 amide bonds. The average molecular weight is 220 g/mol. The minimum absolute atomic E-state index is 0.0978. The molecule has 0 rings (SSSR count). The van der Waals surface area contributed by atoms with Gasteiger partial charge in [-0.25, -0.2) is 4.79 Å². The Morgan fingerprint density at radius 1 is 1.20 bits per heavy atom. The molecule has 86 valence electrons. The number of aliphatic carboxylic acids is 2. The lowest BCUT2D eigenvalue weighted by Crippen LogP contribution is -2.33. The molecule has 2 atom stereocenters. The lowest BCUT2D eigenvalue weighted by molar-refractivity contribution is -0.149. The summed E-state index contributed by atoms with van der Waals surface area (Å²) in [5, 5.41) is 25.5. The number of ether oxygens (including phenoxy) is 1. The Hall–Kier alpha value is -1.79. The van der Waals surface area contributed by atoms with E-state index in [1.807, 2.05) is 0 Å². The Bertz CT molecular complexity index is 244. The van der Waals surface area contributed by atoms with Gasteiger partial charge in [0, 0.05) is 0 Å². The maximum Gasteiger partial charge on any atom is 0.506 e. The van der Waals surface area contributed by atoms with Crippen LogP contribution in [0.2, 0.25) is 0 Å². The fourth-order valence-electron chi connectivity index (χ4n) is 1.16. The molecule has 0 bridgehead atoms. The monoisotopic (exact) mass is 220 g/mol. The predicted molar refractivity (Wildman–Crippen MR) is 46.6 cm³/mol. The second-order valence-electron chi connectivity index (χ2n) is 2.87. The first-order valence-corrected chi connectivity index (χ1v) is 4.22. The largest absolute Gasteiger partial charge is 0.506 e. The normalized spacial score (nSPS) is 13.9. The molecule has 3 N–H and O–H groups in total. The SMILES string of the molecule is CCC(C(=O)O)C(CC(=O)O)OC(=O)O. The third-order valence-electron chi connectivity index (χ3n) is 1.83. The van der Waals surface area contributed by atoms with Crippen LogP contribution in [0.25, 0.3) is 0 Å². The molecule has 0 heterocycles. The van der Waals surface area contributed by atoms with E-state index in [4.69, 9.17) is 15.3 Å². The van der Waals surface area contributed by atoms with Crippen LogP contribution < -0.4 is 0 Å². The van der Waals surface area contributed by atoms with Gasteiger partial charge in [0.1, 0.15) is 6.10 Å². The van der Waals surface area contributed by atoms with Crippen molar-refractivity contribution in [3.05, 3.63) is 0 Å². The van der Waals surface area contributed by atoms with Crippen molar-refractivity contribution in [3.8, 4) is 0 Å². The molecule has 2 unspecified atom stereocenters. The molecule has 0 saturated heterocycles. The van der Waals surface area contributed by atoms with Gasteiger partial charge in [0.2, 0.25) is 0 Å². The summed E-state index contributed by atoms with van der Waals surface area (Å²) in [4.78, 5) is 31.3. The van der Waals surface area contributed by atoms with Crippen LogP contribution in [0.1, 0.15) is 19.8 Å². The van der Waals surface area contributed by atoms with Crippen molar-refractivity contribution in [2.45, 2.75) is 25.9 Å². The number of rotatable bonds is 6. The van der Waals surface area contributed by atoms with E-state index in [9.17, 15) is 14.4 Å². The summed E-state index contributed by atoms with van der Waals surface area (Å²) in [7, 11) is 0. The molecule has 0 aromatic rings. The zero-order valence-electron chi connectivity index (χ0n) is 8.04. The Kier molecular flexibility index (Phi) is 5.14. The van der Waals surface area contributed by atoms with Crippen molar-refractivity contribution in [1.82, 2.24) is 0 Å². The van der Waals surface area contributed by atoms with Gasteiger partial charge < -0.3 is 20.1 Å². The van der Waals surface area contributed by atoms with Crippen molar-refractivity contribution in [1.29, 1.82) is 0 Å². The van der Waals surface area contributed by atoms with Gasteiger partial charge in [0.05, 0.1) is 12.3 Å². The van der Waals surface area contributed by atoms with E-state index in [1.54, 1.807) is 0 Å². The molecule has 0 aliphatic heterocycles. The summed E-state index contributed by atoms with van der Waals surface area (Å²) < 4.78 is 4.23. The molecule has 0 radical (unpaired) electrons. The minimum atomic E-state index is -1.68. The summed E-state index contributed by atoms with van der Waals surface area (Å²) in [5.74, 6) is -3.72. The molecule has 0 aliphatic rings. The number of carboxylic acids is 2. The zero-order valence-corrected chi connectivity index (χ0v) is 8.04. The molecule has 0 spiro atoms. The van der Waals surface area contributed by atoms with Gasteiger partial charge in [-0.15, -0.1) is 0 Å². The molecule has 0 aromatic carbocycles. The van der Waals surface area contributed by atoms with E-state index in [1.165, 1.54) is 6.92 Å². The maximum atomic E-state index is 10.7. The zero-order chi connectivity index (χ0) is 12.0. The topological polar surface area (TPSA) is 121 Å². The number of carboxylic acid groups (broad SMARTS) is 3. The van der Waals surface area contributed by atoms with E-state index in [2.05, 4.69) is 4.74 Å². The number of carbonyl (C=O) groups is 3. The van der Waals surface area contributed by atoms with Crippen molar-refractivity contribution < 1.29 is 34.4 Å². The van der Waals surface area contributed by atoms with Crippen LogP contribution in [0.3, 0.4) is 0 Å². The second kappa shape index (κ2) is 5.84. The van der Waals surface area contributed by atoms with Crippen molar-refractivity contribution in [3.63, 3.8) is 0 Å². The van der Waals surface area contributed by atoms with Gasteiger partial charge in [-0.1, -0.05) is 6.92 Å². The van der Waals surface area contributed by atoms with Gasteiger partial charge in [-0.05, 0) is 6.42 Å². The highest BCUT2D eigenvalue weighted by Gasteiger charge is 2.31. The van der Waals surface area contributed by atoms with Crippen LogP contribution in [0.15, 0.2) is 0 Å². The summed E-state index contributed by atoms with van der Waals surface area (Å²) in [6.07, 6.45) is -3.60. The predicted octanol–water partition coefficient (Wildman–Crippen LogP) is 0.635. The minimum Gasteiger partial charge on any atom is -0.481 e. The second-order valence-corrected chi connectivity index (χ2v) is 2.87. The fraction of sp³-hybridized carbons (Fsp3) is 0.625. The van der Waals surface area contributed by atoms with E-state index >= 15 is 0 Å². The van der Waals surface area contributed by atoms with E-state index in [0.717, 1.165) is 0 Å². The lowest BCUT2D eigenvalue weighted by atomic mass is 9.97. The number of hydrogen-bond acceptors (Lipinski definition) is 4. The molecule has 0 fully saturated rings. The maximum absolute atomic E-state index is 10.7. The van der Waals surface area contributed by atoms with Crippen molar-refractivity contribution in [2.24, 2.45) is 5.92 Å². The third kappa shape index (κ3) is 4.84. The van der Waals surface area contributed by atoms with E-state index in [0.29, 0.717) is 0 Å². The van der Waals surface area contributed by atoms with Crippen LogP contribution >= 0.6 is 0 Å². The lowest BCUT2D eigenvalue weighted by Gasteiger charge is -2.19. The van der Waals surface area contributed by atoms with Crippen LogP contribution in [-0.2, 0) is 14.3 Å². The fourth-order valence-corrected chi connectivity index (χ4v) is 1.16. The Balaban J connectivity index is 4.64. The highest BCUT2D eigenvalue weighted by atomic mass is 16.7. The average Bonchev–Trinajstić information content (AvgIpc) is 2.01. The molecule has 15 heavy (non-hydrogen) atoms. The van der Waals surface area contributed by atoms with Crippen molar-refractivity contribution >= 4 is 18.1 Å². The van der Waals surface area contributed by atoms with Gasteiger partial charge >= 0.3 is 18.1 Å². The van der Waals surface area contributed by atoms with E-state index < -0.39 is 36.5 Å². The van der Waals surface area contributed by atoms with Crippen LogP contribution in [0.4, 0.5) is 4.79 Å². The molecular formula is C8H12O7. The first-order valence-electron chi connectivity index (χ1n) is 4.22. The standard InChI is InChI=1S/C8H12O7/c1-2-4(7(11)12)5(3-6(9)10)15-8(13)14/h4-5H,2-3H2,1H3,(H,9,10)(H,11,12)(H,13,14). The third-order valence-corrected chi connectivity index (χ3v) is 1.83. The van der Waals surface area contributed by atoms with Crippen LogP contribution in [0, 0.1) is 5.92 Å². The molecular weight excluding hydrogens is 208 g/mol. The van der Waals surface area contributed by atoms with Crippen molar-refractivity contribution in [2.75, 3.05) is 0 Å². The molecule has 7 nitrogen and oxygen atoms in total. The highest BCUT2D eigenvalue weighted by molar-refractivity contribution is 5.74. The number of hydrogen-bond donors (Lipinski definition) is 3. The van der Waals surface area contributed by atoms with Gasteiger partial charge in [0.15, 0.2) is 0 Å². The summed E-state index contributed by atoms with van der Waals surface area (Å²) in [6.45, 7) is 1.51. The summed E-state index contributed by atoms with van der Waals surface area (Å²) >= 11 is 0. The molecule has 0 aromatic heterocycles. The quantitative estimate of drug-likeness (QED) is 0.561. The smallest absolute Gasteiger partial charge is 0.481 e. The van der Waals surface area contributed by atoms with Gasteiger partial charge in [-0.2, -0.15) is 0 Å². The summed E-state index contributed by atoms with van der Waals surface area (Å²) in [6, 6.07) is 0. The Morgan fingerprint density at radius 2 is 1.73 bits per heavy atom. The highest BCUT2D eigenvalue weighted by Crippen LogP contribution is 2.16. The molecule has 0 aliphatic carbocycles. The molecule has 7 heteroatoms. The van der Waals surface area contributed by atoms with Crippen LogP contribution in [0.5, 0.6) is 0 Å². The van der Waals surface area contributed by atoms with Crippen LogP contribution in [-0.4, -0.2) is 39.5 Å².